The molecule has 0 radical (unpaired) electrons. The summed E-state index contributed by atoms with van der Waals surface area (Å²) in [6.07, 6.45) is 2.26. The van der Waals surface area contributed by atoms with Crippen LogP contribution in [-0.2, 0) is 25.5 Å². The fourth-order valence-corrected chi connectivity index (χ4v) is 5.28. The SMILES string of the molecule is CCc1ccccc1NC(=O)CN1C(=O)N/C(=C/c2cc(I)c(OCC(=O)OC)c(I)c2)C1=O. The van der Waals surface area contributed by atoms with Crippen molar-refractivity contribution in [2.45, 2.75) is 13.3 Å². The summed E-state index contributed by atoms with van der Waals surface area (Å²) in [4.78, 5) is 49.9. The zero-order chi connectivity index (χ0) is 24.8. The van der Waals surface area contributed by atoms with E-state index in [-0.39, 0.29) is 12.3 Å². The fraction of sp³-hybridized carbons (Fsp3) is 0.217. The van der Waals surface area contributed by atoms with E-state index in [4.69, 9.17) is 4.74 Å². The van der Waals surface area contributed by atoms with Crippen LogP contribution in [0.1, 0.15) is 18.1 Å². The Morgan fingerprint density at radius 1 is 1.15 bits per heavy atom. The van der Waals surface area contributed by atoms with Crippen LogP contribution in [-0.4, -0.2) is 49.0 Å². The molecule has 2 N–H and O–H groups in total. The van der Waals surface area contributed by atoms with Gasteiger partial charge in [-0.05, 0) is 87.0 Å². The minimum Gasteiger partial charge on any atom is -0.480 e. The van der Waals surface area contributed by atoms with Gasteiger partial charge in [-0.25, -0.2) is 14.5 Å². The molecule has 3 rings (SSSR count). The third-order valence-electron chi connectivity index (χ3n) is 4.83. The van der Waals surface area contributed by atoms with Crippen molar-refractivity contribution in [1.82, 2.24) is 10.2 Å². The van der Waals surface area contributed by atoms with E-state index in [0.717, 1.165) is 16.9 Å². The van der Waals surface area contributed by atoms with E-state index in [1.807, 2.05) is 19.1 Å². The summed E-state index contributed by atoms with van der Waals surface area (Å²) < 4.78 is 11.5. The average molecular weight is 689 g/mol. The highest BCUT2D eigenvalue weighted by molar-refractivity contribution is 14.1. The molecule has 0 spiro atoms. The molecule has 34 heavy (non-hydrogen) atoms. The number of esters is 1. The Morgan fingerprint density at radius 3 is 2.47 bits per heavy atom. The smallest absolute Gasteiger partial charge is 0.343 e. The molecule has 0 saturated carbocycles. The highest BCUT2D eigenvalue weighted by atomic mass is 127. The van der Waals surface area contributed by atoms with Gasteiger partial charge in [0.1, 0.15) is 18.0 Å². The lowest BCUT2D eigenvalue weighted by molar-refractivity contribution is -0.143. The molecule has 1 heterocycles. The van der Waals surface area contributed by atoms with Crippen LogP contribution in [0.25, 0.3) is 6.08 Å². The van der Waals surface area contributed by atoms with Gasteiger partial charge in [-0.3, -0.25) is 9.59 Å². The lowest BCUT2D eigenvalue weighted by Gasteiger charge is -2.13. The molecule has 178 valence electrons. The molecular formula is C23H21I2N3O6. The molecule has 4 amide bonds. The monoisotopic (exact) mass is 689 g/mol. The number of halogens is 2. The minimum absolute atomic E-state index is 0.0570. The van der Waals surface area contributed by atoms with Crippen LogP contribution in [0, 0.1) is 7.14 Å². The molecule has 0 bridgehead atoms. The molecule has 0 aromatic heterocycles. The van der Waals surface area contributed by atoms with Crippen molar-refractivity contribution in [3.63, 3.8) is 0 Å². The number of carbonyl (C=O) groups is 4. The molecule has 1 saturated heterocycles. The van der Waals surface area contributed by atoms with Gasteiger partial charge in [-0.15, -0.1) is 0 Å². The molecule has 0 unspecified atom stereocenters. The number of nitrogens with one attached hydrogen (secondary N) is 2. The molecule has 0 aliphatic carbocycles. The van der Waals surface area contributed by atoms with Gasteiger partial charge in [0, 0.05) is 5.69 Å². The van der Waals surface area contributed by atoms with Crippen LogP contribution < -0.4 is 15.4 Å². The minimum atomic E-state index is -0.669. The van der Waals surface area contributed by atoms with Crippen molar-refractivity contribution in [2.75, 3.05) is 25.6 Å². The molecule has 11 heteroatoms. The second-order valence-corrected chi connectivity index (χ2v) is 9.44. The second kappa shape index (κ2) is 11.6. The van der Waals surface area contributed by atoms with Crippen molar-refractivity contribution in [2.24, 2.45) is 0 Å². The number of aryl methyl sites for hydroxylation is 1. The Kier molecular flexibility index (Phi) is 8.88. The van der Waals surface area contributed by atoms with Crippen LogP contribution in [0.5, 0.6) is 5.75 Å². The summed E-state index contributed by atoms with van der Waals surface area (Å²) in [6.45, 7) is 1.34. The van der Waals surface area contributed by atoms with Crippen LogP contribution in [0.3, 0.4) is 0 Å². The van der Waals surface area contributed by atoms with Gasteiger partial charge < -0.3 is 20.1 Å². The average Bonchev–Trinajstić information content (AvgIpc) is 3.05. The largest absolute Gasteiger partial charge is 0.480 e. The number of benzene rings is 2. The standard InChI is InChI=1S/C23H21I2N3O6/c1-3-14-6-4-5-7-17(14)26-19(29)11-28-22(31)18(27-23(28)32)10-13-8-15(24)21(16(25)9-13)34-12-20(30)33-2/h4-10H,3,11-12H2,1-2H3,(H,26,29)(H,27,32)/b18-10+. The molecule has 1 aliphatic rings. The maximum Gasteiger partial charge on any atom is 0.343 e. The van der Waals surface area contributed by atoms with Crippen molar-refractivity contribution < 1.29 is 28.7 Å². The number of rotatable bonds is 8. The van der Waals surface area contributed by atoms with E-state index in [0.29, 0.717) is 24.1 Å². The predicted octanol–water partition coefficient (Wildman–Crippen LogP) is 3.54. The number of hydrogen-bond acceptors (Lipinski definition) is 6. The number of para-hydroxylation sites is 1. The maximum atomic E-state index is 12.8. The zero-order valence-corrected chi connectivity index (χ0v) is 22.6. The molecule has 2 aromatic carbocycles. The van der Waals surface area contributed by atoms with Crippen molar-refractivity contribution >= 4 is 80.8 Å². The van der Waals surface area contributed by atoms with Crippen LogP contribution in [0.4, 0.5) is 10.5 Å². The third-order valence-corrected chi connectivity index (χ3v) is 6.43. The second-order valence-electron chi connectivity index (χ2n) is 7.12. The Balaban J connectivity index is 1.72. The Labute approximate surface area is 223 Å². The third kappa shape index (κ3) is 6.25. The molecule has 9 nitrogen and oxygen atoms in total. The number of methoxy groups -OCH3 is 1. The molecular weight excluding hydrogens is 668 g/mol. The first-order valence-electron chi connectivity index (χ1n) is 10.1. The van der Waals surface area contributed by atoms with Crippen LogP contribution >= 0.6 is 45.2 Å². The fourth-order valence-electron chi connectivity index (χ4n) is 3.16. The van der Waals surface area contributed by atoms with E-state index in [1.54, 1.807) is 24.3 Å². The number of urea groups is 1. The number of nitrogens with zero attached hydrogens (tertiary/aromatic N) is 1. The quantitative estimate of drug-likeness (QED) is 0.190. The molecule has 2 aromatic rings. The van der Waals surface area contributed by atoms with E-state index in [1.165, 1.54) is 13.2 Å². The van der Waals surface area contributed by atoms with Crippen molar-refractivity contribution in [3.05, 3.63) is 60.4 Å². The maximum absolute atomic E-state index is 12.8. The van der Waals surface area contributed by atoms with Gasteiger partial charge in [0.2, 0.25) is 5.91 Å². The number of ether oxygens (including phenoxy) is 2. The first kappa shape index (κ1) is 25.9. The van der Waals surface area contributed by atoms with Gasteiger partial charge >= 0.3 is 12.0 Å². The van der Waals surface area contributed by atoms with E-state index in [9.17, 15) is 19.2 Å². The summed E-state index contributed by atoms with van der Waals surface area (Å²) in [5, 5.41) is 5.27. The van der Waals surface area contributed by atoms with E-state index >= 15 is 0 Å². The van der Waals surface area contributed by atoms with E-state index in [2.05, 4.69) is 60.6 Å². The first-order chi connectivity index (χ1) is 16.2. The summed E-state index contributed by atoms with van der Waals surface area (Å²) in [5.74, 6) is -1.05. The number of amides is 4. The van der Waals surface area contributed by atoms with Crippen molar-refractivity contribution in [3.8, 4) is 5.75 Å². The van der Waals surface area contributed by atoms with Gasteiger partial charge in [0.25, 0.3) is 5.91 Å². The number of anilines is 1. The Hall–Kier alpha value is -2.68. The lowest BCUT2D eigenvalue weighted by atomic mass is 10.1. The van der Waals surface area contributed by atoms with Gasteiger partial charge in [0.15, 0.2) is 6.61 Å². The first-order valence-corrected chi connectivity index (χ1v) is 12.3. The van der Waals surface area contributed by atoms with E-state index < -0.39 is 30.4 Å². The lowest BCUT2D eigenvalue weighted by Crippen LogP contribution is -2.38. The number of hydrogen-bond donors (Lipinski definition) is 2. The molecule has 0 atom stereocenters. The number of carbonyl (C=O) groups excluding carboxylic acids is 4. The van der Waals surface area contributed by atoms with Crippen molar-refractivity contribution in [1.29, 1.82) is 0 Å². The normalized spacial score (nSPS) is 14.2. The van der Waals surface area contributed by atoms with Gasteiger partial charge in [0.05, 0.1) is 14.3 Å². The van der Waals surface area contributed by atoms with Gasteiger partial charge in [-0.2, -0.15) is 0 Å². The summed E-state index contributed by atoms with van der Waals surface area (Å²) in [7, 11) is 1.28. The molecule has 1 aliphatic heterocycles. The topological polar surface area (TPSA) is 114 Å². The summed E-state index contributed by atoms with van der Waals surface area (Å²) >= 11 is 4.11. The zero-order valence-electron chi connectivity index (χ0n) is 18.3. The Morgan fingerprint density at radius 2 is 1.82 bits per heavy atom. The highest BCUT2D eigenvalue weighted by Crippen LogP contribution is 2.30. The predicted molar refractivity (Wildman–Crippen MR) is 142 cm³/mol. The highest BCUT2D eigenvalue weighted by Gasteiger charge is 2.35. The summed E-state index contributed by atoms with van der Waals surface area (Å²) in [5.41, 5.74) is 2.31. The summed E-state index contributed by atoms with van der Waals surface area (Å²) in [6, 6.07) is 10.2. The molecule has 1 fully saturated rings. The van der Waals surface area contributed by atoms with Gasteiger partial charge in [-0.1, -0.05) is 25.1 Å². The van der Waals surface area contributed by atoms with Crippen LogP contribution in [0.2, 0.25) is 0 Å². The Bertz CT molecular complexity index is 1160. The van der Waals surface area contributed by atoms with Crippen LogP contribution in [0.15, 0.2) is 42.1 Å². The number of imide groups is 1.